The number of carbonyl (C=O) groups is 3. The molecule has 0 atom stereocenters. The maximum atomic E-state index is 12.5. The van der Waals surface area contributed by atoms with Gasteiger partial charge in [0, 0.05) is 15.1 Å². The Kier molecular flexibility index (Phi) is 5.42. The number of amides is 2. The van der Waals surface area contributed by atoms with Crippen molar-refractivity contribution in [3.8, 4) is 0 Å². The number of hydrogen-bond acceptors (Lipinski definition) is 4. The van der Waals surface area contributed by atoms with Crippen LogP contribution in [0.3, 0.4) is 0 Å². The van der Waals surface area contributed by atoms with E-state index in [4.69, 9.17) is 11.6 Å². The molecule has 2 amide bonds. The first-order valence-corrected chi connectivity index (χ1v) is 9.22. The van der Waals surface area contributed by atoms with Crippen molar-refractivity contribution in [3.05, 3.63) is 74.1 Å². The van der Waals surface area contributed by atoms with Crippen LogP contribution < -0.4 is 0 Å². The number of nitrogens with zero attached hydrogens (tertiary/aromatic N) is 1. The smallest absolute Gasteiger partial charge is 0.292 e. The summed E-state index contributed by atoms with van der Waals surface area (Å²) in [5, 5.41) is 0.0632. The summed E-state index contributed by atoms with van der Waals surface area (Å²) in [6, 6.07) is 13.7. The number of imide groups is 1. The minimum Gasteiger partial charge on any atom is -0.292 e. The highest BCUT2D eigenvalue weighted by Crippen LogP contribution is 2.32. The van der Waals surface area contributed by atoms with Crippen LogP contribution in [0.25, 0.3) is 6.08 Å². The number of halogens is 2. The third-order valence-corrected chi connectivity index (χ3v) is 5.14. The lowest BCUT2D eigenvalue weighted by atomic mass is 10.1. The van der Waals surface area contributed by atoms with Gasteiger partial charge in [0.2, 0.25) is 0 Å². The van der Waals surface area contributed by atoms with E-state index < -0.39 is 11.1 Å². The number of Topliss-reactive ketones (excluding diaryl/α,β-unsaturated/α-hetero) is 1. The van der Waals surface area contributed by atoms with Crippen LogP contribution in [0, 0.1) is 0 Å². The molecule has 0 unspecified atom stereocenters. The zero-order valence-electron chi connectivity index (χ0n) is 12.7. The zero-order chi connectivity index (χ0) is 18.0. The summed E-state index contributed by atoms with van der Waals surface area (Å²) in [4.78, 5) is 38.1. The molecule has 0 bridgehead atoms. The quantitative estimate of drug-likeness (QED) is 0.499. The van der Waals surface area contributed by atoms with E-state index in [0.29, 0.717) is 15.5 Å². The van der Waals surface area contributed by atoms with E-state index in [1.54, 1.807) is 30.3 Å². The minimum atomic E-state index is -0.461. The van der Waals surface area contributed by atoms with Gasteiger partial charge in [0.1, 0.15) is 0 Å². The fourth-order valence-electron chi connectivity index (χ4n) is 2.25. The molecule has 0 aromatic heterocycles. The second-order valence-corrected chi connectivity index (χ2v) is 7.60. The predicted octanol–water partition coefficient (Wildman–Crippen LogP) is 5.02. The Morgan fingerprint density at radius 2 is 1.88 bits per heavy atom. The van der Waals surface area contributed by atoms with Gasteiger partial charge in [-0.2, -0.15) is 0 Å². The van der Waals surface area contributed by atoms with Crippen molar-refractivity contribution in [1.82, 2.24) is 4.90 Å². The third kappa shape index (κ3) is 4.21. The summed E-state index contributed by atoms with van der Waals surface area (Å²) in [6.07, 6.45) is 1.64. The highest BCUT2D eigenvalue weighted by molar-refractivity contribution is 9.10. The van der Waals surface area contributed by atoms with Crippen molar-refractivity contribution in [1.29, 1.82) is 0 Å². The van der Waals surface area contributed by atoms with E-state index in [1.165, 1.54) is 0 Å². The molecule has 126 valence electrons. The average molecular weight is 437 g/mol. The monoisotopic (exact) mass is 435 g/mol. The van der Waals surface area contributed by atoms with Crippen LogP contribution in [0.15, 0.2) is 57.9 Å². The molecule has 0 radical (unpaired) electrons. The number of thioether (sulfide) groups is 1. The number of ketones is 1. The first-order chi connectivity index (χ1) is 11.9. The topological polar surface area (TPSA) is 54.5 Å². The molecule has 0 spiro atoms. The molecule has 2 aromatic rings. The number of rotatable bonds is 4. The Labute approximate surface area is 162 Å². The predicted molar refractivity (Wildman–Crippen MR) is 103 cm³/mol. The molecular weight excluding hydrogens is 426 g/mol. The zero-order valence-corrected chi connectivity index (χ0v) is 15.9. The van der Waals surface area contributed by atoms with Crippen molar-refractivity contribution in [3.63, 3.8) is 0 Å². The van der Waals surface area contributed by atoms with Gasteiger partial charge in [0.05, 0.1) is 11.4 Å². The molecule has 1 heterocycles. The van der Waals surface area contributed by atoms with E-state index in [1.807, 2.05) is 24.3 Å². The van der Waals surface area contributed by atoms with Gasteiger partial charge >= 0.3 is 0 Å². The van der Waals surface area contributed by atoms with Gasteiger partial charge in [-0.1, -0.05) is 39.7 Å². The van der Waals surface area contributed by atoms with E-state index >= 15 is 0 Å². The molecule has 25 heavy (non-hydrogen) atoms. The van der Waals surface area contributed by atoms with Crippen molar-refractivity contribution in [2.75, 3.05) is 6.54 Å². The van der Waals surface area contributed by atoms with E-state index in [-0.39, 0.29) is 12.3 Å². The van der Waals surface area contributed by atoms with E-state index in [0.717, 1.165) is 26.7 Å². The van der Waals surface area contributed by atoms with E-state index in [2.05, 4.69) is 15.9 Å². The summed E-state index contributed by atoms with van der Waals surface area (Å²) in [6.45, 7) is -0.290. The SMILES string of the molecule is O=C(CN1C(=O)S/C(=C/c2cccc(Br)c2)C1=O)c1ccc(Cl)cc1. The average Bonchev–Trinajstić information content (AvgIpc) is 2.83. The van der Waals surface area contributed by atoms with Crippen LogP contribution in [0.5, 0.6) is 0 Å². The largest absolute Gasteiger partial charge is 0.293 e. The van der Waals surface area contributed by atoms with Crippen molar-refractivity contribution in [2.24, 2.45) is 0 Å². The lowest BCUT2D eigenvalue weighted by molar-refractivity contribution is -0.122. The molecule has 1 aliphatic heterocycles. The summed E-state index contributed by atoms with van der Waals surface area (Å²) in [7, 11) is 0. The maximum Gasteiger partial charge on any atom is 0.293 e. The highest BCUT2D eigenvalue weighted by Gasteiger charge is 2.36. The first kappa shape index (κ1) is 17.9. The maximum absolute atomic E-state index is 12.5. The van der Waals surface area contributed by atoms with Gasteiger partial charge in [-0.25, -0.2) is 0 Å². The molecular formula is C18H11BrClNO3S. The third-order valence-electron chi connectivity index (χ3n) is 3.49. The van der Waals surface area contributed by atoms with Crippen LogP contribution in [-0.2, 0) is 4.79 Å². The fraction of sp³-hybridized carbons (Fsp3) is 0.0556. The Bertz CT molecular complexity index is 895. The summed E-state index contributed by atoms with van der Waals surface area (Å²) in [5.41, 5.74) is 1.20. The van der Waals surface area contributed by atoms with Crippen LogP contribution in [0.2, 0.25) is 5.02 Å². The van der Waals surface area contributed by atoms with Gasteiger partial charge < -0.3 is 0 Å². The fourth-order valence-corrected chi connectivity index (χ4v) is 3.64. The Morgan fingerprint density at radius 1 is 1.16 bits per heavy atom. The molecule has 7 heteroatoms. The molecule has 0 saturated carbocycles. The van der Waals surface area contributed by atoms with E-state index in [9.17, 15) is 14.4 Å². The molecule has 3 rings (SSSR count). The molecule has 1 fully saturated rings. The Balaban J connectivity index is 1.77. The summed E-state index contributed by atoms with van der Waals surface area (Å²) >= 11 is 9.99. The van der Waals surface area contributed by atoms with Gasteiger partial charge in [0.15, 0.2) is 5.78 Å². The molecule has 0 N–H and O–H groups in total. The van der Waals surface area contributed by atoms with Crippen LogP contribution in [0.4, 0.5) is 4.79 Å². The molecule has 4 nitrogen and oxygen atoms in total. The van der Waals surface area contributed by atoms with Crippen LogP contribution >= 0.6 is 39.3 Å². The number of hydrogen-bond donors (Lipinski definition) is 0. The van der Waals surface area contributed by atoms with Crippen LogP contribution in [-0.4, -0.2) is 28.4 Å². The normalized spacial score (nSPS) is 15.9. The van der Waals surface area contributed by atoms with Crippen molar-refractivity contribution < 1.29 is 14.4 Å². The Morgan fingerprint density at radius 3 is 2.56 bits per heavy atom. The van der Waals surface area contributed by atoms with Crippen molar-refractivity contribution in [2.45, 2.75) is 0 Å². The lowest BCUT2D eigenvalue weighted by Crippen LogP contribution is -2.33. The highest BCUT2D eigenvalue weighted by atomic mass is 79.9. The molecule has 1 aliphatic rings. The van der Waals surface area contributed by atoms with Gasteiger partial charge in [-0.3, -0.25) is 19.3 Å². The second-order valence-electron chi connectivity index (χ2n) is 5.25. The molecule has 2 aromatic carbocycles. The minimum absolute atomic E-state index is 0.290. The summed E-state index contributed by atoms with van der Waals surface area (Å²) < 4.78 is 0.874. The van der Waals surface area contributed by atoms with Gasteiger partial charge in [0.25, 0.3) is 11.1 Å². The number of benzene rings is 2. The number of carbonyl (C=O) groups excluding carboxylic acids is 3. The van der Waals surface area contributed by atoms with Crippen molar-refractivity contribution >= 4 is 62.3 Å². The molecule has 1 saturated heterocycles. The van der Waals surface area contributed by atoms with Crippen LogP contribution in [0.1, 0.15) is 15.9 Å². The molecule has 0 aliphatic carbocycles. The lowest BCUT2D eigenvalue weighted by Gasteiger charge is -2.11. The Hall–Kier alpha value is -1.89. The second kappa shape index (κ2) is 7.56. The van der Waals surface area contributed by atoms with Gasteiger partial charge in [-0.15, -0.1) is 0 Å². The summed E-state index contributed by atoms with van der Waals surface area (Å²) in [5.74, 6) is -0.778. The standard InChI is InChI=1S/C18H11BrClNO3S/c19-13-3-1-2-11(8-13)9-16-17(23)21(18(24)25-16)10-15(22)12-4-6-14(20)7-5-12/h1-9H,10H2/b16-9+. The van der Waals surface area contributed by atoms with Gasteiger partial charge in [-0.05, 0) is 59.8 Å². The first-order valence-electron chi connectivity index (χ1n) is 7.24.